The van der Waals surface area contributed by atoms with Gasteiger partial charge in [-0.2, -0.15) is 5.10 Å². The highest BCUT2D eigenvalue weighted by Gasteiger charge is 2.20. The minimum absolute atomic E-state index is 0.0251. The fourth-order valence-electron chi connectivity index (χ4n) is 3.06. The van der Waals surface area contributed by atoms with E-state index in [1.54, 1.807) is 25.0 Å². The lowest BCUT2D eigenvalue weighted by Crippen LogP contribution is -2.35. The second-order valence-electron chi connectivity index (χ2n) is 7.14. The van der Waals surface area contributed by atoms with Crippen molar-refractivity contribution < 1.29 is 18.7 Å². The van der Waals surface area contributed by atoms with Crippen molar-refractivity contribution in [3.63, 3.8) is 0 Å². The molecule has 2 aromatic heterocycles. The zero-order valence-electron chi connectivity index (χ0n) is 17.2. The van der Waals surface area contributed by atoms with Crippen molar-refractivity contribution in [2.45, 2.75) is 19.0 Å². The number of hydrogen-bond donors (Lipinski definition) is 1. The summed E-state index contributed by atoms with van der Waals surface area (Å²) in [6.07, 6.45) is 1.07. The van der Waals surface area contributed by atoms with Gasteiger partial charge in [-0.3, -0.25) is 14.5 Å². The molecule has 3 rings (SSSR count). The third kappa shape index (κ3) is 5.96. The van der Waals surface area contributed by atoms with Crippen LogP contribution in [-0.4, -0.2) is 50.4 Å². The Labute approximate surface area is 179 Å². The fourth-order valence-corrected chi connectivity index (χ4v) is 3.06. The van der Waals surface area contributed by atoms with Crippen LogP contribution in [0.25, 0.3) is 0 Å². The van der Waals surface area contributed by atoms with E-state index in [1.807, 2.05) is 30.3 Å². The number of pyridine rings is 1. The number of carbonyl (C=O) groups is 1. The Kier molecular flexibility index (Phi) is 7.11. The first-order valence-electron chi connectivity index (χ1n) is 9.59. The van der Waals surface area contributed by atoms with Crippen molar-refractivity contribution in [3.05, 3.63) is 82.9 Å². The first kappa shape index (κ1) is 22.1. The first-order chi connectivity index (χ1) is 14.8. The average molecular weight is 424 g/mol. The first-order valence-corrected chi connectivity index (χ1v) is 9.59. The number of aliphatic hydroxyl groups is 1. The summed E-state index contributed by atoms with van der Waals surface area (Å²) < 4.78 is 28.3. The number of benzene rings is 1. The van der Waals surface area contributed by atoms with E-state index in [4.69, 9.17) is 0 Å². The molecule has 0 aliphatic carbocycles. The van der Waals surface area contributed by atoms with Gasteiger partial charge >= 0.3 is 0 Å². The van der Waals surface area contributed by atoms with Crippen molar-refractivity contribution >= 4 is 5.91 Å². The molecule has 0 fully saturated rings. The van der Waals surface area contributed by atoms with Crippen LogP contribution in [0.5, 0.6) is 0 Å². The van der Waals surface area contributed by atoms with Crippen LogP contribution in [0.4, 0.5) is 8.78 Å². The van der Waals surface area contributed by atoms with Crippen LogP contribution in [0.15, 0.2) is 55.0 Å². The molecule has 1 atom stereocenters. The number of aromatic nitrogens is 3. The second-order valence-corrected chi connectivity index (χ2v) is 7.14. The highest BCUT2D eigenvalue weighted by Crippen LogP contribution is 2.21. The van der Waals surface area contributed by atoms with Crippen LogP contribution in [-0.2, 0) is 13.5 Å². The average Bonchev–Trinajstić information content (AvgIpc) is 3.17. The largest absolute Gasteiger partial charge is 0.391 e. The molecule has 2 heterocycles. The standard InChI is InChI=1S/C23H22F2N4O2/c1-28(15-20(30)10-16-6-4-3-5-7-16)23(31)19-11-18(21(22(24)25)26-13-19)9-8-17-12-27-29(2)14-17/h3-7,11-14,20,22,30H,10,15H2,1-2H3/t20-/m1/s1. The number of halogens is 2. The molecular formula is C23H22F2N4O2. The molecule has 0 spiro atoms. The van der Waals surface area contributed by atoms with E-state index in [-0.39, 0.29) is 17.7 Å². The number of rotatable bonds is 6. The van der Waals surface area contributed by atoms with Gasteiger partial charge in [0.2, 0.25) is 0 Å². The van der Waals surface area contributed by atoms with Gasteiger partial charge in [-0.1, -0.05) is 42.2 Å². The topological polar surface area (TPSA) is 71.2 Å². The summed E-state index contributed by atoms with van der Waals surface area (Å²) in [5.41, 5.74) is 1.12. The lowest BCUT2D eigenvalue weighted by Gasteiger charge is -2.21. The van der Waals surface area contributed by atoms with E-state index in [2.05, 4.69) is 21.9 Å². The maximum absolute atomic E-state index is 13.4. The molecule has 0 bridgehead atoms. The molecule has 8 heteroatoms. The molecule has 0 saturated carbocycles. The van der Waals surface area contributed by atoms with Gasteiger partial charge in [0.25, 0.3) is 12.3 Å². The third-order valence-electron chi connectivity index (χ3n) is 4.56. The van der Waals surface area contributed by atoms with Crippen molar-refractivity contribution in [2.75, 3.05) is 13.6 Å². The maximum atomic E-state index is 13.4. The van der Waals surface area contributed by atoms with Crippen LogP contribution < -0.4 is 0 Å². The van der Waals surface area contributed by atoms with Crippen molar-refractivity contribution in [1.29, 1.82) is 0 Å². The molecule has 0 aliphatic heterocycles. The number of nitrogens with zero attached hydrogens (tertiary/aromatic N) is 4. The smallest absolute Gasteiger partial charge is 0.281 e. The van der Waals surface area contributed by atoms with Gasteiger partial charge < -0.3 is 10.0 Å². The Morgan fingerprint density at radius 1 is 1.23 bits per heavy atom. The molecule has 1 amide bonds. The van der Waals surface area contributed by atoms with E-state index in [1.165, 1.54) is 17.2 Å². The summed E-state index contributed by atoms with van der Waals surface area (Å²) in [7, 11) is 3.26. The SMILES string of the molecule is CN(C[C@H](O)Cc1ccccc1)C(=O)c1cnc(C(F)F)c(C#Cc2cnn(C)c2)c1. The molecule has 0 unspecified atom stereocenters. The Morgan fingerprint density at radius 2 is 1.97 bits per heavy atom. The molecule has 1 aromatic carbocycles. The Hall–Kier alpha value is -3.57. The molecule has 0 radical (unpaired) electrons. The zero-order chi connectivity index (χ0) is 22.4. The molecule has 6 nitrogen and oxygen atoms in total. The summed E-state index contributed by atoms with van der Waals surface area (Å²) in [5.74, 6) is 4.99. The lowest BCUT2D eigenvalue weighted by atomic mass is 10.1. The number of aliphatic hydroxyl groups excluding tert-OH is 1. The van der Waals surface area contributed by atoms with Gasteiger partial charge in [0.15, 0.2) is 0 Å². The molecule has 31 heavy (non-hydrogen) atoms. The van der Waals surface area contributed by atoms with Gasteiger partial charge in [-0.25, -0.2) is 8.78 Å². The summed E-state index contributed by atoms with van der Waals surface area (Å²) in [4.78, 5) is 17.9. The van der Waals surface area contributed by atoms with Crippen molar-refractivity contribution in [2.24, 2.45) is 7.05 Å². The highest BCUT2D eigenvalue weighted by atomic mass is 19.3. The van der Waals surface area contributed by atoms with Crippen LogP contribution >= 0.6 is 0 Å². The van der Waals surface area contributed by atoms with Crippen molar-refractivity contribution in [3.8, 4) is 11.8 Å². The summed E-state index contributed by atoms with van der Waals surface area (Å²) in [6.45, 7) is 0.0843. The highest BCUT2D eigenvalue weighted by molar-refractivity contribution is 5.94. The van der Waals surface area contributed by atoms with Crippen LogP contribution in [0.1, 0.15) is 39.2 Å². The van der Waals surface area contributed by atoms with Crippen molar-refractivity contribution in [1.82, 2.24) is 19.7 Å². The van der Waals surface area contributed by atoms with Crippen LogP contribution in [0.3, 0.4) is 0 Å². The van der Waals surface area contributed by atoms with E-state index < -0.39 is 24.1 Å². The summed E-state index contributed by atoms with van der Waals surface area (Å²) >= 11 is 0. The van der Waals surface area contributed by atoms with Gasteiger partial charge in [0, 0.05) is 39.5 Å². The number of amides is 1. The number of carbonyl (C=O) groups excluding carboxylic acids is 1. The molecule has 3 aromatic rings. The molecule has 1 N–H and O–H groups in total. The van der Waals surface area contributed by atoms with E-state index in [0.29, 0.717) is 12.0 Å². The van der Waals surface area contributed by atoms with E-state index >= 15 is 0 Å². The van der Waals surface area contributed by atoms with Gasteiger partial charge in [0.1, 0.15) is 5.69 Å². The quantitative estimate of drug-likeness (QED) is 0.618. The number of alkyl halides is 2. The predicted octanol–water partition coefficient (Wildman–Crippen LogP) is 2.83. The Bertz CT molecular complexity index is 1100. The lowest BCUT2D eigenvalue weighted by molar-refractivity contribution is 0.0680. The Morgan fingerprint density at radius 3 is 2.61 bits per heavy atom. The van der Waals surface area contributed by atoms with Crippen LogP contribution in [0, 0.1) is 11.8 Å². The van der Waals surface area contributed by atoms with Gasteiger partial charge in [0.05, 0.1) is 29.0 Å². The predicted molar refractivity (Wildman–Crippen MR) is 111 cm³/mol. The second kappa shape index (κ2) is 9.96. The summed E-state index contributed by atoms with van der Waals surface area (Å²) in [6, 6.07) is 10.7. The fraction of sp³-hybridized carbons (Fsp3) is 0.261. The summed E-state index contributed by atoms with van der Waals surface area (Å²) in [5, 5.41) is 14.3. The molecule has 0 saturated heterocycles. The van der Waals surface area contributed by atoms with E-state index in [0.717, 1.165) is 11.8 Å². The number of likely N-dealkylation sites (N-methyl/N-ethyl adjacent to an activating group) is 1. The number of aryl methyl sites for hydroxylation is 1. The maximum Gasteiger partial charge on any atom is 0.281 e. The zero-order valence-corrected chi connectivity index (χ0v) is 17.2. The minimum Gasteiger partial charge on any atom is -0.391 e. The molecular weight excluding hydrogens is 402 g/mol. The van der Waals surface area contributed by atoms with Gasteiger partial charge in [-0.05, 0) is 11.6 Å². The normalized spacial score (nSPS) is 11.7. The third-order valence-corrected chi connectivity index (χ3v) is 4.56. The monoisotopic (exact) mass is 424 g/mol. The van der Waals surface area contributed by atoms with E-state index in [9.17, 15) is 18.7 Å². The van der Waals surface area contributed by atoms with Gasteiger partial charge in [-0.15, -0.1) is 0 Å². The minimum atomic E-state index is -2.83. The number of hydrogen-bond acceptors (Lipinski definition) is 4. The molecule has 0 aliphatic rings. The molecule has 160 valence electrons. The Balaban J connectivity index is 1.76. The van der Waals surface area contributed by atoms with Crippen LogP contribution in [0.2, 0.25) is 0 Å².